The van der Waals surface area contributed by atoms with Crippen LogP contribution < -0.4 is 14.8 Å². The SMILES string of the molecule is CCOc1cc2c(cc1OCC)C(CC(=O)OC)N(C(=O)Nc1ccc(C)cc1C)CC2. The molecule has 1 aliphatic heterocycles. The molecule has 172 valence electrons. The van der Waals surface area contributed by atoms with Gasteiger partial charge in [-0.3, -0.25) is 4.79 Å². The third-order valence-electron chi connectivity index (χ3n) is 5.63. The number of rotatable bonds is 7. The zero-order chi connectivity index (χ0) is 23.3. The van der Waals surface area contributed by atoms with Crippen LogP contribution in [0.1, 0.15) is 48.6 Å². The smallest absolute Gasteiger partial charge is 0.322 e. The number of ether oxygens (including phenoxy) is 3. The van der Waals surface area contributed by atoms with Crippen LogP contribution in [0.3, 0.4) is 0 Å². The average Bonchev–Trinajstić information content (AvgIpc) is 2.76. The van der Waals surface area contributed by atoms with E-state index in [4.69, 9.17) is 14.2 Å². The molecule has 2 aromatic rings. The highest BCUT2D eigenvalue weighted by Crippen LogP contribution is 2.40. The molecule has 0 saturated heterocycles. The number of nitrogens with one attached hydrogen (secondary N) is 1. The molecule has 3 rings (SSSR count). The lowest BCUT2D eigenvalue weighted by Gasteiger charge is -2.37. The van der Waals surface area contributed by atoms with Gasteiger partial charge >= 0.3 is 12.0 Å². The Morgan fingerprint density at radius 1 is 1.06 bits per heavy atom. The predicted molar refractivity (Wildman–Crippen MR) is 123 cm³/mol. The molecule has 1 heterocycles. The molecule has 7 heteroatoms. The zero-order valence-corrected chi connectivity index (χ0v) is 19.5. The number of carbonyl (C=O) groups is 2. The second kappa shape index (κ2) is 10.4. The first-order valence-corrected chi connectivity index (χ1v) is 11.0. The number of anilines is 1. The number of urea groups is 1. The number of amides is 2. The Hall–Kier alpha value is -3.22. The first-order chi connectivity index (χ1) is 15.4. The summed E-state index contributed by atoms with van der Waals surface area (Å²) < 4.78 is 16.5. The van der Waals surface area contributed by atoms with Gasteiger partial charge in [0.25, 0.3) is 0 Å². The van der Waals surface area contributed by atoms with Crippen molar-refractivity contribution in [3.05, 3.63) is 52.6 Å². The molecule has 2 amide bonds. The highest BCUT2D eigenvalue weighted by atomic mass is 16.5. The van der Waals surface area contributed by atoms with E-state index < -0.39 is 6.04 Å². The van der Waals surface area contributed by atoms with Crippen molar-refractivity contribution in [3.8, 4) is 11.5 Å². The van der Waals surface area contributed by atoms with E-state index in [2.05, 4.69) is 5.32 Å². The Labute approximate surface area is 189 Å². The quantitative estimate of drug-likeness (QED) is 0.626. The first kappa shape index (κ1) is 23.4. The molecule has 1 N–H and O–H groups in total. The molecule has 1 unspecified atom stereocenters. The number of nitrogens with zero attached hydrogens (tertiary/aromatic N) is 1. The van der Waals surface area contributed by atoms with Crippen molar-refractivity contribution in [2.24, 2.45) is 0 Å². The Kier molecular flexibility index (Phi) is 7.62. The minimum absolute atomic E-state index is 0.0589. The summed E-state index contributed by atoms with van der Waals surface area (Å²) in [5.74, 6) is 0.914. The van der Waals surface area contributed by atoms with E-state index in [1.165, 1.54) is 7.11 Å². The Bertz CT molecular complexity index is 989. The van der Waals surface area contributed by atoms with E-state index in [-0.39, 0.29) is 18.4 Å². The third-order valence-corrected chi connectivity index (χ3v) is 5.63. The summed E-state index contributed by atoms with van der Waals surface area (Å²) in [6.45, 7) is 9.29. The largest absolute Gasteiger partial charge is 0.490 e. The van der Waals surface area contributed by atoms with E-state index in [1.54, 1.807) is 4.90 Å². The summed E-state index contributed by atoms with van der Waals surface area (Å²) in [7, 11) is 1.36. The van der Waals surface area contributed by atoms with Gasteiger partial charge in [0.15, 0.2) is 11.5 Å². The molecule has 1 atom stereocenters. The molecule has 0 radical (unpaired) electrons. The van der Waals surface area contributed by atoms with E-state index in [9.17, 15) is 9.59 Å². The average molecular weight is 441 g/mol. The summed E-state index contributed by atoms with van der Waals surface area (Å²) >= 11 is 0. The zero-order valence-electron chi connectivity index (χ0n) is 19.5. The molecule has 0 spiro atoms. The van der Waals surface area contributed by atoms with Crippen molar-refractivity contribution in [2.75, 3.05) is 32.2 Å². The fourth-order valence-corrected chi connectivity index (χ4v) is 4.09. The fraction of sp³-hybridized carbons (Fsp3) is 0.440. The van der Waals surface area contributed by atoms with Gasteiger partial charge in [0.2, 0.25) is 0 Å². The summed E-state index contributed by atoms with van der Waals surface area (Å²) in [6.07, 6.45) is 0.711. The van der Waals surface area contributed by atoms with Crippen LogP contribution in [-0.4, -0.2) is 43.8 Å². The van der Waals surface area contributed by atoms with Crippen LogP contribution in [0.15, 0.2) is 30.3 Å². The maximum absolute atomic E-state index is 13.3. The van der Waals surface area contributed by atoms with E-state index in [0.29, 0.717) is 37.7 Å². The lowest BCUT2D eigenvalue weighted by molar-refractivity contribution is -0.141. The van der Waals surface area contributed by atoms with E-state index in [0.717, 1.165) is 27.9 Å². The lowest BCUT2D eigenvalue weighted by Crippen LogP contribution is -2.43. The number of benzene rings is 2. The van der Waals surface area contributed by atoms with E-state index >= 15 is 0 Å². The van der Waals surface area contributed by atoms with Gasteiger partial charge in [-0.25, -0.2) is 4.79 Å². The van der Waals surface area contributed by atoms with Crippen LogP contribution in [0.2, 0.25) is 0 Å². The molecule has 0 saturated carbocycles. The van der Waals surface area contributed by atoms with Gasteiger partial charge in [0.1, 0.15) is 0 Å². The maximum Gasteiger partial charge on any atom is 0.322 e. The summed E-state index contributed by atoms with van der Waals surface area (Å²) in [4.78, 5) is 27.2. The van der Waals surface area contributed by atoms with Gasteiger partial charge in [-0.2, -0.15) is 0 Å². The highest BCUT2D eigenvalue weighted by Gasteiger charge is 2.34. The lowest BCUT2D eigenvalue weighted by atomic mass is 9.90. The fourth-order valence-electron chi connectivity index (χ4n) is 4.09. The normalized spacial score (nSPS) is 15.0. The molecule has 0 bridgehead atoms. The standard InChI is InChI=1S/C25H32N2O5/c1-6-31-22-13-18-10-11-27(25(29)26-20-9-8-16(3)12-17(20)4)21(15-24(28)30-5)19(18)14-23(22)32-7-2/h8-9,12-14,21H,6-7,10-11,15H2,1-5H3,(H,26,29). The number of hydrogen-bond donors (Lipinski definition) is 1. The Balaban J connectivity index is 1.96. The number of esters is 1. The minimum atomic E-state index is -0.466. The van der Waals surface area contributed by atoms with Gasteiger partial charge in [0.05, 0.1) is 32.8 Å². The Morgan fingerprint density at radius 3 is 2.38 bits per heavy atom. The van der Waals surface area contributed by atoms with Crippen LogP contribution in [0.4, 0.5) is 10.5 Å². The second-order valence-corrected chi connectivity index (χ2v) is 7.85. The van der Waals surface area contributed by atoms with Crippen LogP contribution in [0.5, 0.6) is 11.5 Å². The van der Waals surface area contributed by atoms with Crippen LogP contribution in [-0.2, 0) is 16.0 Å². The highest BCUT2D eigenvalue weighted by molar-refractivity contribution is 5.91. The van der Waals surface area contributed by atoms with Crippen LogP contribution >= 0.6 is 0 Å². The van der Waals surface area contributed by atoms with Crippen molar-refractivity contribution in [1.29, 1.82) is 0 Å². The summed E-state index contributed by atoms with van der Waals surface area (Å²) in [6, 6.07) is 9.04. The third kappa shape index (κ3) is 5.15. The molecule has 0 aromatic heterocycles. The maximum atomic E-state index is 13.3. The number of fused-ring (bicyclic) bond motifs is 1. The molecule has 2 aromatic carbocycles. The van der Waals surface area contributed by atoms with Gasteiger partial charge in [-0.05, 0) is 69.0 Å². The molecule has 1 aliphatic rings. The monoisotopic (exact) mass is 440 g/mol. The number of hydrogen-bond acceptors (Lipinski definition) is 5. The van der Waals surface area contributed by atoms with Crippen LogP contribution in [0, 0.1) is 13.8 Å². The summed E-state index contributed by atoms with van der Waals surface area (Å²) in [5, 5.41) is 3.01. The van der Waals surface area contributed by atoms with Crippen molar-refractivity contribution in [1.82, 2.24) is 4.90 Å². The number of methoxy groups -OCH3 is 1. The predicted octanol–water partition coefficient (Wildman–Crippen LogP) is 4.80. The van der Waals surface area contributed by atoms with Crippen molar-refractivity contribution < 1.29 is 23.8 Å². The van der Waals surface area contributed by atoms with E-state index in [1.807, 2.05) is 58.0 Å². The molecule has 32 heavy (non-hydrogen) atoms. The first-order valence-electron chi connectivity index (χ1n) is 11.0. The Morgan fingerprint density at radius 2 is 1.75 bits per heavy atom. The molecular formula is C25H32N2O5. The molecule has 7 nitrogen and oxygen atoms in total. The molecule has 0 aliphatic carbocycles. The molecular weight excluding hydrogens is 408 g/mol. The minimum Gasteiger partial charge on any atom is -0.490 e. The van der Waals surface area contributed by atoms with Crippen molar-refractivity contribution >= 4 is 17.7 Å². The number of carbonyl (C=O) groups excluding carboxylic acids is 2. The number of aryl methyl sites for hydroxylation is 2. The molecule has 0 fully saturated rings. The topological polar surface area (TPSA) is 77.1 Å². The van der Waals surface area contributed by atoms with Gasteiger partial charge in [-0.1, -0.05) is 17.7 Å². The van der Waals surface area contributed by atoms with Gasteiger partial charge in [0, 0.05) is 12.2 Å². The van der Waals surface area contributed by atoms with Crippen LogP contribution in [0.25, 0.3) is 0 Å². The van der Waals surface area contributed by atoms with Crippen molar-refractivity contribution in [3.63, 3.8) is 0 Å². The second-order valence-electron chi connectivity index (χ2n) is 7.85. The van der Waals surface area contributed by atoms with Gasteiger partial charge < -0.3 is 24.4 Å². The van der Waals surface area contributed by atoms with Gasteiger partial charge in [-0.15, -0.1) is 0 Å². The summed E-state index contributed by atoms with van der Waals surface area (Å²) in [5.41, 5.74) is 4.79. The van der Waals surface area contributed by atoms with Crippen molar-refractivity contribution in [2.45, 2.75) is 46.6 Å².